The molecule has 2 aromatic rings. The number of para-hydroxylation sites is 2. The number of anilines is 1. The molecule has 2 aromatic carbocycles. The molecule has 4 rings (SSSR count). The van der Waals surface area contributed by atoms with Crippen molar-refractivity contribution in [2.45, 2.75) is 18.9 Å². The van der Waals surface area contributed by atoms with Crippen LogP contribution in [0.2, 0.25) is 0 Å². The van der Waals surface area contributed by atoms with E-state index in [9.17, 15) is 0 Å². The summed E-state index contributed by atoms with van der Waals surface area (Å²) < 4.78 is 11.7. The first-order chi connectivity index (χ1) is 15.3. The molecule has 0 aliphatic carbocycles. The lowest BCUT2D eigenvalue weighted by molar-refractivity contribution is -0.0266. The van der Waals surface area contributed by atoms with Crippen LogP contribution in [0.5, 0.6) is 5.75 Å². The Balaban J connectivity index is 1.34. The Labute approximate surface area is 185 Å². The minimum absolute atomic E-state index is 0.156. The summed E-state index contributed by atoms with van der Waals surface area (Å²) in [6, 6.07) is 18.8. The summed E-state index contributed by atoms with van der Waals surface area (Å²) in [6.07, 6.45) is 2.44. The molecule has 2 aliphatic heterocycles. The van der Waals surface area contributed by atoms with Gasteiger partial charge in [-0.15, -0.1) is 0 Å². The van der Waals surface area contributed by atoms with Crippen LogP contribution in [0.1, 0.15) is 24.5 Å². The fourth-order valence-corrected chi connectivity index (χ4v) is 4.67. The van der Waals surface area contributed by atoms with Gasteiger partial charge in [-0.05, 0) is 30.5 Å². The van der Waals surface area contributed by atoms with Crippen molar-refractivity contribution < 1.29 is 9.47 Å². The second-order valence-electron chi connectivity index (χ2n) is 8.18. The summed E-state index contributed by atoms with van der Waals surface area (Å²) in [5.74, 6) is 2.36. The average Bonchev–Trinajstić information content (AvgIpc) is 2.85. The summed E-state index contributed by atoms with van der Waals surface area (Å²) in [5, 5.41) is 3.64. The van der Waals surface area contributed by atoms with E-state index in [1.165, 1.54) is 12.0 Å². The summed E-state index contributed by atoms with van der Waals surface area (Å²) in [6.45, 7) is 5.47. The highest BCUT2D eigenvalue weighted by Gasteiger charge is 2.28. The van der Waals surface area contributed by atoms with Gasteiger partial charge in [0.05, 0.1) is 18.9 Å². The first-order valence-corrected chi connectivity index (χ1v) is 11.3. The molecular formula is C25H34N4O2. The highest BCUT2D eigenvalue weighted by atomic mass is 16.5. The Hall–Kier alpha value is -2.73. The zero-order valence-corrected chi connectivity index (χ0v) is 18.7. The minimum atomic E-state index is 0.156. The molecular weight excluding hydrogens is 388 g/mol. The number of piperazine rings is 1. The predicted molar refractivity (Wildman–Crippen MR) is 126 cm³/mol. The van der Waals surface area contributed by atoms with Crippen LogP contribution in [0.3, 0.4) is 0 Å². The van der Waals surface area contributed by atoms with E-state index >= 15 is 0 Å². The first kappa shape index (κ1) is 21.5. The van der Waals surface area contributed by atoms with Gasteiger partial charge >= 0.3 is 0 Å². The fraction of sp³-hybridized carbons (Fsp3) is 0.480. The van der Waals surface area contributed by atoms with Crippen molar-refractivity contribution in [2.24, 2.45) is 10.9 Å². The third-order valence-electron chi connectivity index (χ3n) is 6.31. The van der Waals surface area contributed by atoms with Gasteiger partial charge < -0.3 is 24.6 Å². The van der Waals surface area contributed by atoms with E-state index < -0.39 is 0 Å². The predicted octanol–water partition coefficient (Wildman–Crippen LogP) is 3.56. The SMILES string of the molecule is CN=C(NCC1CCCOC1c1ccccc1)N1CCN(c2ccccc2OC)CC1. The van der Waals surface area contributed by atoms with Crippen molar-refractivity contribution >= 4 is 11.6 Å². The molecule has 6 nitrogen and oxygen atoms in total. The van der Waals surface area contributed by atoms with Crippen LogP contribution in [0.15, 0.2) is 59.6 Å². The summed E-state index contributed by atoms with van der Waals surface area (Å²) in [4.78, 5) is 9.32. The van der Waals surface area contributed by atoms with E-state index in [0.29, 0.717) is 5.92 Å². The molecule has 0 radical (unpaired) electrons. The van der Waals surface area contributed by atoms with Crippen LogP contribution < -0.4 is 15.0 Å². The number of nitrogens with one attached hydrogen (secondary N) is 1. The maximum atomic E-state index is 6.16. The van der Waals surface area contributed by atoms with Crippen molar-refractivity contribution in [3.8, 4) is 5.75 Å². The summed E-state index contributed by atoms with van der Waals surface area (Å²) in [7, 11) is 3.61. The molecule has 31 heavy (non-hydrogen) atoms. The Morgan fingerprint density at radius 1 is 1.06 bits per heavy atom. The Morgan fingerprint density at radius 2 is 1.81 bits per heavy atom. The van der Waals surface area contributed by atoms with Crippen LogP contribution in [0.25, 0.3) is 0 Å². The van der Waals surface area contributed by atoms with Gasteiger partial charge in [0.15, 0.2) is 5.96 Å². The normalized spacial score (nSPS) is 22.3. The zero-order valence-electron chi connectivity index (χ0n) is 18.7. The Kier molecular flexibility index (Phi) is 7.30. The van der Waals surface area contributed by atoms with Crippen molar-refractivity contribution in [3.05, 3.63) is 60.2 Å². The number of benzene rings is 2. The van der Waals surface area contributed by atoms with E-state index in [2.05, 4.69) is 62.6 Å². The van der Waals surface area contributed by atoms with Crippen LogP contribution in [0.4, 0.5) is 5.69 Å². The van der Waals surface area contributed by atoms with E-state index in [1.807, 2.05) is 19.2 Å². The second-order valence-corrected chi connectivity index (χ2v) is 8.18. The number of guanidine groups is 1. The summed E-state index contributed by atoms with van der Waals surface area (Å²) >= 11 is 0. The van der Waals surface area contributed by atoms with Gasteiger partial charge in [-0.3, -0.25) is 4.99 Å². The maximum absolute atomic E-state index is 6.16. The fourth-order valence-electron chi connectivity index (χ4n) is 4.67. The molecule has 2 fully saturated rings. The van der Waals surface area contributed by atoms with Crippen molar-refractivity contribution in [2.75, 3.05) is 58.4 Å². The topological polar surface area (TPSA) is 49.3 Å². The number of methoxy groups -OCH3 is 1. The van der Waals surface area contributed by atoms with Gasteiger partial charge in [-0.25, -0.2) is 0 Å². The van der Waals surface area contributed by atoms with Gasteiger partial charge in [-0.1, -0.05) is 42.5 Å². The number of hydrogen-bond acceptors (Lipinski definition) is 4. The Morgan fingerprint density at radius 3 is 2.55 bits per heavy atom. The lowest BCUT2D eigenvalue weighted by Crippen LogP contribution is -2.53. The van der Waals surface area contributed by atoms with E-state index in [4.69, 9.17) is 9.47 Å². The molecule has 0 saturated carbocycles. The molecule has 166 valence electrons. The van der Waals surface area contributed by atoms with Crippen LogP contribution in [-0.4, -0.2) is 64.3 Å². The molecule has 2 heterocycles. The van der Waals surface area contributed by atoms with Crippen molar-refractivity contribution in [1.82, 2.24) is 10.2 Å². The summed E-state index contributed by atoms with van der Waals surface area (Å²) in [5.41, 5.74) is 2.44. The lowest BCUT2D eigenvalue weighted by Gasteiger charge is -2.39. The molecule has 2 saturated heterocycles. The largest absolute Gasteiger partial charge is 0.495 e. The first-order valence-electron chi connectivity index (χ1n) is 11.3. The molecule has 0 aromatic heterocycles. The number of aliphatic imine (C=N–C) groups is 1. The maximum Gasteiger partial charge on any atom is 0.193 e. The number of rotatable bonds is 5. The van der Waals surface area contributed by atoms with Gasteiger partial charge in [0.2, 0.25) is 0 Å². The number of ether oxygens (including phenoxy) is 2. The van der Waals surface area contributed by atoms with Gasteiger partial charge in [0.25, 0.3) is 0 Å². The molecule has 0 spiro atoms. The highest BCUT2D eigenvalue weighted by molar-refractivity contribution is 5.80. The van der Waals surface area contributed by atoms with Gasteiger partial charge in [-0.2, -0.15) is 0 Å². The lowest BCUT2D eigenvalue weighted by atomic mass is 9.89. The molecule has 0 amide bonds. The average molecular weight is 423 g/mol. The van der Waals surface area contributed by atoms with E-state index in [1.54, 1.807) is 7.11 Å². The van der Waals surface area contributed by atoms with Crippen molar-refractivity contribution in [3.63, 3.8) is 0 Å². The van der Waals surface area contributed by atoms with Crippen LogP contribution >= 0.6 is 0 Å². The van der Waals surface area contributed by atoms with Crippen LogP contribution in [0, 0.1) is 5.92 Å². The molecule has 6 heteroatoms. The minimum Gasteiger partial charge on any atom is -0.495 e. The number of hydrogen-bond donors (Lipinski definition) is 1. The van der Waals surface area contributed by atoms with E-state index in [0.717, 1.165) is 63.1 Å². The quantitative estimate of drug-likeness (QED) is 0.590. The standard InChI is InChI=1S/C25H34N4O2/c1-26-25(27-19-21-11-8-18-31-24(21)20-9-4-3-5-10-20)29-16-14-28(15-17-29)22-12-6-7-13-23(22)30-2/h3-7,9-10,12-13,21,24H,8,11,14-19H2,1-2H3,(H,26,27). The third kappa shape index (κ3) is 5.13. The van der Waals surface area contributed by atoms with Gasteiger partial charge in [0, 0.05) is 52.3 Å². The smallest absolute Gasteiger partial charge is 0.193 e. The van der Waals surface area contributed by atoms with E-state index in [-0.39, 0.29) is 6.10 Å². The molecule has 2 atom stereocenters. The van der Waals surface area contributed by atoms with Crippen LogP contribution in [-0.2, 0) is 4.74 Å². The molecule has 1 N–H and O–H groups in total. The Bertz CT molecular complexity index is 850. The van der Waals surface area contributed by atoms with Gasteiger partial charge in [0.1, 0.15) is 5.75 Å². The highest BCUT2D eigenvalue weighted by Crippen LogP contribution is 2.33. The third-order valence-corrected chi connectivity index (χ3v) is 6.31. The molecule has 2 aliphatic rings. The number of nitrogens with zero attached hydrogens (tertiary/aromatic N) is 3. The molecule has 2 unspecified atom stereocenters. The molecule has 0 bridgehead atoms. The van der Waals surface area contributed by atoms with Crippen molar-refractivity contribution in [1.29, 1.82) is 0 Å². The zero-order chi connectivity index (χ0) is 21.5. The monoisotopic (exact) mass is 422 g/mol. The second kappa shape index (κ2) is 10.5.